The fourth-order valence-corrected chi connectivity index (χ4v) is 1.63. The van der Waals surface area contributed by atoms with Gasteiger partial charge in [0, 0.05) is 12.1 Å². The van der Waals surface area contributed by atoms with Gasteiger partial charge in [-0.3, -0.25) is 14.9 Å². The molecule has 0 radical (unpaired) electrons. The monoisotopic (exact) mass is 267 g/mol. The second-order valence-electron chi connectivity index (χ2n) is 4.71. The molecule has 1 aromatic heterocycles. The van der Waals surface area contributed by atoms with Gasteiger partial charge in [0.15, 0.2) is 0 Å². The number of rotatable bonds is 6. The molecular formula is C12H17N3O4. The molecule has 19 heavy (non-hydrogen) atoms. The third-order valence-electron chi connectivity index (χ3n) is 2.80. The summed E-state index contributed by atoms with van der Waals surface area (Å²) in [6.45, 7) is 5.50. The Balaban J connectivity index is 2.91. The number of nitrogens with zero attached hydrogens (tertiary/aromatic N) is 2. The molecule has 104 valence electrons. The molecule has 0 saturated heterocycles. The Bertz CT molecular complexity index is 488. The number of carbonyl (C=O) groups is 1. The minimum absolute atomic E-state index is 0.0320. The standard InChI is InChI=1S/C12H17N3O4/c1-7(2)10(5-11(16)17)14-12-8(3)4-9(6-13-12)15(18)19/h4,6-7,10H,5H2,1-3H3,(H,13,14)(H,16,17). The maximum atomic E-state index is 10.8. The fourth-order valence-electron chi connectivity index (χ4n) is 1.63. The van der Waals surface area contributed by atoms with Crippen LogP contribution in [0, 0.1) is 23.0 Å². The van der Waals surface area contributed by atoms with Gasteiger partial charge < -0.3 is 10.4 Å². The number of carboxylic acid groups (broad SMARTS) is 1. The summed E-state index contributed by atoms with van der Waals surface area (Å²) in [6.07, 6.45) is 1.13. The SMILES string of the molecule is Cc1cc([N+](=O)[O-])cnc1NC(CC(=O)O)C(C)C. The van der Waals surface area contributed by atoms with Crippen LogP contribution in [-0.2, 0) is 4.79 Å². The quantitative estimate of drug-likeness (QED) is 0.604. The molecule has 0 spiro atoms. The van der Waals surface area contributed by atoms with Crippen LogP contribution in [0.3, 0.4) is 0 Å². The van der Waals surface area contributed by atoms with E-state index < -0.39 is 10.9 Å². The van der Waals surface area contributed by atoms with E-state index in [1.807, 2.05) is 13.8 Å². The molecule has 7 nitrogen and oxygen atoms in total. The first-order valence-electron chi connectivity index (χ1n) is 5.90. The Morgan fingerprint density at radius 1 is 1.58 bits per heavy atom. The van der Waals surface area contributed by atoms with Crippen molar-refractivity contribution in [1.29, 1.82) is 0 Å². The number of aryl methyl sites for hydroxylation is 1. The van der Waals surface area contributed by atoms with Crippen LogP contribution in [0.25, 0.3) is 0 Å². The first-order valence-corrected chi connectivity index (χ1v) is 5.90. The number of hydrogen-bond acceptors (Lipinski definition) is 5. The van der Waals surface area contributed by atoms with E-state index in [2.05, 4.69) is 10.3 Å². The lowest BCUT2D eigenvalue weighted by atomic mass is 10.0. The molecule has 1 heterocycles. The predicted molar refractivity (Wildman–Crippen MR) is 70.1 cm³/mol. The summed E-state index contributed by atoms with van der Waals surface area (Å²) in [6, 6.07) is 1.14. The lowest BCUT2D eigenvalue weighted by Gasteiger charge is -2.22. The number of pyridine rings is 1. The molecule has 1 rings (SSSR count). The molecule has 2 N–H and O–H groups in total. The summed E-state index contributed by atoms with van der Waals surface area (Å²) in [7, 11) is 0. The molecule has 0 bridgehead atoms. The number of carboxylic acids is 1. The van der Waals surface area contributed by atoms with Gasteiger partial charge in [-0.25, -0.2) is 4.98 Å². The molecule has 0 aliphatic rings. The number of aromatic nitrogens is 1. The molecule has 1 aromatic rings. The van der Waals surface area contributed by atoms with Gasteiger partial charge in [-0.05, 0) is 18.4 Å². The number of nitrogens with one attached hydrogen (secondary N) is 1. The van der Waals surface area contributed by atoms with Crippen LogP contribution in [0.5, 0.6) is 0 Å². The molecule has 7 heteroatoms. The van der Waals surface area contributed by atoms with Gasteiger partial charge in [0.2, 0.25) is 0 Å². The van der Waals surface area contributed by atoms with E-state index in [1.165, 1.54) is 6.07 Å². The first kappa shape index (κ1) is 14.9. The van der Waals surface area contributed by atoms with Gasteiger partial charge in [-0.1, -0.05) is 13.8 Å². The van der Waals surface area contributed by atoms with Gasteiger partial charge >= 0.3 is 5.97 Å². The number of hydrogen-bond donors (Lipinski definition) is 2. The Morgan fingerprint density at radius 2 is 2.21 bits per heavy atom. The Morgan fingerprint density at radius 3 is 2.63 bits per heavy atom. The van der Waals surface area contributed by atoms with Crippen molar-refractivity contribution in [3.63, 3.8) is 0 Å². The highest BCUT2D eigenvalue weighted by Gasteiger charge is 2.19. The summed E-state index contributed by atoms with van der Waals surface area (Å²) in [5, 5.41) is 22.5. The summed E-state index contributed by atoms with van der Waals surface area (Å²) in [5.74, 6) is -0.316. The van der Waals surface area contributed by atoms with E-state index in [0.717, 1.165) is 6.20 Å². The van der Waals surface area contributed by atoms with Gasteiger partial charge in [-0.2, -0.15) is 0 Å². The van der Waals surface area contributed by atoms with Crippen molar-refractivity contribution in [2.24, 2.45) is 5.92 Å². The minimum Gasteiger partial charge on any atom is -0.481 e. The Hall–Kier alpha value is -2.18. The number of anilines is 1. The number of aliphatic carboxylic acids is 1. The molecule has 0 aromatic carbocycles. The van der Waals surface area contributed by atoms with E-state index in [4.69, 9.17) is 5.11 Å². The Kier molecular flexibility index (Phi) is 4.80. The predicted octanol–water partition coefficient (Wildman–Crippen LogP) is 2.21. The van der Waals surface area contributed by atoms with Crippen molar-refractivity contribution in [1.82, 2.24) is 4.98 Å². The fraction of sp³-hybridized carbons (Fsp3) is 0.500. The van der Waals surface area contributed by atoms with Gasteiger partial charge in [0.1, 0.15) is 12.0 Å². The summed E-state index contributed by atoms with van der Waals surface area (Å²) < 4.78 is 0. The molecule has 0 saturated carbocycles. The highest BCUT2D eigenvalue weighted by Crippen LogP contribution is 2.21. The van der Waals surface area contributed by atoms with Crippen molar-refractivity contribution in [2.75, 3.05) is 5.32 Å². The summed E-state index contributed by atoms with van der Waals surface area (Å²) in [5.41, 5.74) is 0.535. The topological polar surface area (TPSA) is 105 Å². The average molecular weight is 267 g/mol. The van der Waals surface area contributed by atoms with E-state index in [9.17, 15) is 14.9 Å². The van der Waals surface area contributed by atoms with Crippen molar-refractivity contribution in [3.8, 4) is 0 Å². The third kappa shape index (κ3) is 4.20. The van der Waals surface area contributed by atoms with Crippen LogP contribution in [0.1, 0.15) is 25.8 Å². The van der Waals surface area contributed by atoms with Crippen LogP contribution in [-0.4, -0.2) is 27.0 Å². The van der Waals surface area contributed by atoms with E-state index in [1.54, 1.807) is 6.92 Å². The van der Waals surface area contributed by atoms with Crippen molar-refractivity contribution >= 4 is 17.5 Å². The van der Waals surface area contributed by atoms with E-state index >= 15 is 0 Å². The molecule has 0 aliphatic heterocycles. The largest absolute Gasteiger partial charge is 0.481 e. The first-order chi connectivity index (χ1) is 8.81. The highest BCUT2D eigenvalue weighted by molar-refractivity contribution is 5.68. The van der Waals surface area contributed by atoms with E-state index in [-0.39, 0.29) is 24.1 Å². The van der Waals surface area contributed by atoms with Crippen LogP contribution < -0.4 is 5.32 Å². The normalized spacial score (nSPS) is 12.2. The van der Waals surface area contributed by atoms with E-state index in [0.29, 0.717) is 11.4 Å². The van der Waals surface area contributed by atoms with Crippen molar-refractivity contribution < 1.29 is 14.8 Å². The van der Waals surface area contributed by atoms with Crippen molar-refractivity contribution in [2.45, 2.75) is 33.2 Å². The van der Waals surface area contributed by atoms with Crippen molar-refractivity contribution in [3.05, 3.63) is 27.9 Å². The van der Waals surface area contributed by atoms with Gasteiger partial charge in [-0.15, -0.1) is 0 Å². The zero-order valence-electron chi connectivity index (χ0n) is 11.1. The maximum absolute atomic E-state index is 10.8. The molecule has 0 amide bonds. The molecule has 0 fully saturated rings. The second-order valence-corrected chi connectivity index (χ2v) is 4.71. The third-order valence-corrected chi connectivity index (χ3v) is 2.80. The highest BCUT2D eigenvalue weighted by atomic mass is 16.6. The average Bonchev–Trinajstić information content (AvgIpc) is 2.29. The van der Waals surface area contributed by atoms with Crippen LogP contribution in [0.15, 0.2) is 12.3 Å². The second kappa shape index (κ2) is 6.12. The summed E-state index contributed by atoms with van der Waals surface area (Å²) in [4.78, 5) is 24.9. The van der Waals surface area contributed by atoms with Crippen LogP contribution in [0.2, 0.25) is 0 Å². The molecular weight excluding hydrogens is 250 g/mol. The lowest BCUT2D eigenvalue weighted by Crippen LogP contribution is -2.29. The smallest absolute Gasteiger partial charge is 0.305 e. The minimum atomic E-state index is -0.897. The maximum Gasteiger partial charge on any atom is 0.305 e. The van der Waals surface area contributed by atoms with Gasteiger partial charge in [0.05, 0.1) is 11.3 Å². The van der Waals surface area contributed by atoms with Gasteiger partial charge in [0.25, 0.3) is 5.69 Å². The molecule has 1 unspecified atom stereocenters. The van der Waals surface area contributed by atoms with Crippen LogP contribution in [0.4, 0.5) is 11.5 Å². The molecule has 1 atom stereocenters. The van der Waals surface area contributed by atoms with Crippen LogP contribution >= 0.6 is 0 Å². The Labute approximate surface area is 110 Å². The summed E-state index contributed by atoms with van der Waals surface area (Å²) >= 11 is 0. The zero-order valence-corrected chi connectivity index (χ0v) is 11.1. The molecule has 0 aliphatic carbocycles. The zero-order chi connectivity index (χ0) is 14.6. The number of nitro groups is 1. The lowest BCUT2D eigenvalue weighted by molar-refractivity contribution is -0.385.